The Hall–Kier alpha value is -2.09. The van der Waals surface area contributed by atoms with Crippen LogP contribution in [0.15, 0.2) is 54.6 Å². The number of esters is 1. The highest BCUT2D eigenvalue weighted by molar-refractivity contribution is 5.89. The van der Waals surface area contributed by atoms with Gasteiger partial charge in [-0.15, -0.1) is 0 Å². The largest absolute Gasteiger partial charge is 0.465 e. The van der Waals surface area contributed by atoms with E-state index in [1.807, 2.05) is 30.3 Å². The van der Waals surface area contributed by atoms with Gasteiger partial charge in [-0.3, -0.25) is 0 Å². The molecule has 0 aliphatic rings. The molecule has 0 saturated heterocycles. The topological polar surface area (TPSA) is 26.3 Å². The molecular weight excluding hydrogens is 248 g/mol. The highest BCUT2D eigenvalue weighted by Crippen LogP contribution is 2.29. The van der Waals surface area contributed by atoms with Crippen LogP contribution in [-0.4, -0.2) is 13.1 Å². The van der Waals surface area contributed by atoms with Gasteiger partial charge in [-0.2, -0.15) is 0 Å². The van der Waals surface area contributed by atoms with E-state index in [1.54, 1.807) is 0 Å². The third-order valence-electron chi connectivity index (χ3n) is 3.51. The molecule has 0 bridgehead atoms. The Bertz CT molecular complexity index is 543. The van der Waals surface area contributed by atoms with Crippen molar-refractivity contribution in [2.45, 2.75) is 25.7 Å². The van der Waals surface area contributed by atoms with Crippen molar-refractivity contribution < 1.29 is 9.53 Å². The van der Waals surface area contributed by atoms with Crippen LogP contribution in [0, 0.1) is 0 Å². The standard InChI is InChI=1S/C18H20O2/c1-3-7-17(14-8-5-4-6-9-14)15-10-12-16(13-11-15)18(19)20-2/h4-6,8-13,17H,3,7H2,1-2H3. The van der Waals surface area contributed by atoms with E-state index in [4.69, 9.17) is 4.74 Å². The molecule has 0 aliphatic heterocycles. The van der Waals surface area contributed by atoms with E-state index < -0.39 is 0 Å². The van der Waals surface area contributed by atoms with Crippen molar-refractivity contribution in [2.75, 3.05) is 7.11 Å². The molecule has 104 valence electrons. The molecule has 0 saturated carbocycles. The summed E-state index contributed by atoms with van der Waals surface area (Å²) in [6.45, 7) is 2.19. The lowest BCUT2D eigenvalue weighted by Gasteiger charge is -2.17. The lowest BCUT2D eigenvalue weighted by atomic mass is 9.87. The summed E-state index contributed by atoms with van der Waals surface area (Å²) in [7, 11) is 1.40. The van der Waals surface area contributed by atoms with Gasteiger partial charge in [0.1, 0.15) is 0 Å². The summed E-state index contributed by atoms with van der Waals surface area (Å²) in [4.78, 5) is 11.5. The van der Waals surface area contributed by atoms with Gasteiger partial charge in [0, 0.05) is 5.92 Å². The zero-order valence-electron chi connectivity index (χ0n) is 12.0. The SMILES string of the molecule is CCCC(c1ccccc1)c1ccc(C(=O)OC)cc1. The number of hydrogen-bond acceptors (Lipinski definition) is 2. The Morgan fingerprint density at radius 3 is 2.15 bits per heavy atom. The zero-order valence-corrected chi connectivity index (χ0v) is 12.0. The van der Waals surface area contributed by atoms with E-state index in [2.05, 4.69) is 31.2 Å². The van der Waals surface area contributed by atoms with Crippen LogP contribution in [0.3, 0.4) is 0 Å². The van der Waals surface area contributed by atoms with Crippen molar-refractivity contribution in [1.29, 1.82) is 0 Å². The summed E-state index contributed by atoms with van der Waals surface area (Å²) in [6, 6.07) is 18.2. The minimum absolute atomic E-state index is 0.289. The van der Waals surface area contributed by atoms with Crippen molar-refractivity contribution >= 4 is 5.97 Å². The monoisotopic (exact) mass is 268 g/mol. The van der Waals surface area contributed by atoms with Crippen LogP contribution in [0.2, 0.25) is 0 Å². The molecule has 0 aromatic heterocycles. The van der Waals surface area contributed by atoms with Crippen molar-refractivity contribution in [3.63, 3.8) is 0 Å². The molecule has 0 spiro atoms. The zero-order chi connectivity index (χ0) is 14.4. The maximum Gasteiger partial charge on any atom is 0.337 e. The molecule has 1 unspecified atom stereocenters. The van der Waals surface area contributed by atoms with Gasteiger partial charge in [-0.1, -0.05) is 55.8 Å². The minimum Gasteiger partial charge on any atom is -0.465 e. The molecule has 2 nitrogen and oxygen atoms in total. The number of hydrogen-bond donors (Lipinski definition) is 0. The summed E-state index contributed by atoms with van der Waals surface area (Å²) < 4.78 is 4.73. The Morgan fingerprint density at radius 2 is 1.60 bits per heavy atom. The fourth-order valence-corrected chi connectivity index (χ4v) is 2.47. The number of ether oxygens (including phenoxy) is 1. The first-order chi connectivity index (χ1) is 9.76. The smallest absolute Gasteiger partial charge is 0.337 e. The second-order valence-electron chi connectivity index (χ2n) is 4.87. The van der Waals surface area contributed by atoms with Crippen LogP contribution in [0.5, 0.6) is 0 Å². The molecule has 0 heterocycles. The minimum atomic E-state index is -0.289. The molecule has 2 heteroatoms. The van der Waals surface area contributed by atoms with Crippen molar-refractivity contribution in [2.24, 2.45) is 0 Å². The molecular formula is C18H20O2. The number of methoxy groups -OCH3 is 1. The molecule has 0 N–H and O–H groups in total. The predicted octanol–water partition coefficient (Wildman–Crippen LogP) is 4.41. The predicted molar refractivity (Wildman–Crippen MR) is 81.0 cm³/mol. The highest BCUT2D eigenvalue weighted by Gasteiger charge is 2.14. The maximum absolute atomic E-state index is 11.5. The molecule has 2 aromatic carbocycles. The first-order valence-electron chi connectivity index (χ1n) is 6.99. The third-order valence-corrected chi connectivity index (χ3v) is 3.51. The van der Waals surface area contributed by atoms with Crippen LogP contribution in [0.25, 0.3) is 0 Å². The molecule has 0 fully saturated rings. The number of carbonyl (C=O) groups is 1. The van der Waals surface area contributed by atoms with Crippen LogP contribution in [0.1, 0.15) is 47.2 Å². The molecule has 1 atom stereocenters. The van der Waals surface area contributed by atoms with Crippen LogP contribution in [-0.2, 0) is 4.74 Å². The van der Waals surface area contributed by atoms with Gasteiger partial charge in [0.15, 0.2) is 0 Å². The fourth-order valence-electron chi connectivity index (χ4n) is 2.47. The third kappa shape index (κ3) is 3.27. The van der Waals surface area contributed by atoms with Gasteiger partial charge >= 0.3 is 5.97 Å². The molecule has 2 aromatic rings. The van der Waals surface area contributed by atoms with Crippen LogP contribution in [0.4, 0.5) is 0 Å². The summed E-state index contributed by atoms with van der Waals surface area (Å²) >= 11 is 0. The maximum atomic E-state index is 11.5. The van der Waals surface area contributed by atoms with E-state index in [9.17, 15) is 4.79 Å². The lowest BCUT2D eigenvalue weighted by molar-refractivity contribution is 0.0600. The Balaban J connectivity index is 2.28. The average Bonchev–Trinajstić information content (AvgIpc) is 2.53. The van der Waals surface area contributed by atoms with E-state index in [0.29, 0.717) is 11.5 Å². The summed E-state index contributed by atoms with van der Waals surface area (Å²) in [6.07, 6.45) is 2.22. The second kappa shape index (κ2) is 6.90. The first kappa shape index (κ1) is 14.3. The molecule has 0 amide bonds. The molecule has 0 aliphatic carbocycles. The highest BCUT2D eigenvalue weighted by atomic mass is 16.5. The summed E-state index contributed by atoms with van der Waals surface area (Å²) in [5, 5.41) is 0. The van der Waals surface area contributed by atoms with Gasteiger partial charge in [-0.25, -0.2) is 4.79 Å². The number of benzene rings is 2. The first-order valence-corrected chi connectivity index (χ1v) is 6.99. The summed E-state index contributed by atoms with van der Waals surface area (Å²) in [5.74, 6) is 0.0937. The molecule has 2 rings (SSSR count). The van der Waals surface area contributed by atoms with Crippen LogP contribution < -0.4 is 0 Å². The Kier molecular flexibility index (Phi) is 4.94. The van der Waals surface area contributed by atoms with E-state index in [0.717, 1.165) is 12.8 Å². The summed E-state index contributed by atoms with van der Waals surface area (Å²) in [5.41, 5.74) is 3.16. The normalized spacial score (nSPS) is 11.9. The van der Waals surface area contributed by atoms with Crippen molar-refractivity contribution in [1.82, 2.24) is 0 Å². The Labute approximate surface area is 120 Å². The van der Waals surface area contributed by atoms with Crippen LogP contribution >= 0.6 is 0 Å². The van der Waals surface area contributed by atoms with E-state index in [-0.39, 0.29) is 5.97 Å². The van der Waals surface area contributed by atoms with E-state index >= 15 is 0 Å². The lowest BCUT2D eigenvalue weighted by Crippen LogP contribution is -2.04. The number of rotatable bonds is 5. The van der Waals surface area contributed by atoms with Crippen molar-refractivity contribution in [3.05, 3.63) is 71.3 Å². The van der Waals surface area contributed by atoms with Gasteiger partial charge in [0.2, 0.25) is 0 Å². The fraction of sp³-hybridized carbons (Fsp3) is 0.278. The van der Waals surface area contributed by atoms with E-state index in [1.165, 1.54) is 18.2 Å². The number of carbonyl (C=O) groups excluding carboxylic acids is 1. The average molecular weight is 268 g/mol. The second-order valence-corrected chi connectivity index (χ2v) is 4.87. The van der Waals surface area contributed by atoms with Gasteiger partial charge < -0.3 is 4.74 Å². The quantitative estimate of drug-likeness (QED) is 0.751. The van der Waals surface area contributed by atoms with Gasteiger partial charge in [0.25, 0.3) is 0 Å². The van der Waals surface area contributed by atoms with Crippen molar-refractivity contribution in [3.8, 4) is 0 Å². The van der Waals surface area contributed by atoms with Gasteiger partial charge in [-0.05, 0) is 29.7 Å². The molecule has 0 radical (unpaired) electrons. The van der Waals surface area contributed by atoms with Gasteiger partial charge in [0.05, 0.1) is 12.7 Å². The Morgan fingerprint density at radius 1 is 1.00 bits per heavy atom. The molecule has 20 heavy (non-hydrogen) atoms.